The Morgan fingerprint density at radius 3 is 2.48 bits per heavy atom. The van der Waals surface area contributed by atoms with E-state index in [0.29, 0.717) is 0 Å². The van der Waals surface area contributed by atoms with Crippen LogP contribution in [0.2, 0.25) is 0 Å². The van der Waals surface area contributed by atoms with Crippen LogP contribution in [0.1, 0.15) is 11.1 Å². The number of aromatic amines is 1. The van der Waals surface area contributed by atoms with Crippen LogP contribution in [-0.2, 0) is 6.42 Å². The zero-order chi connectivity index (χ0) is 23.1. The predicted octanol–water partition coefficient (Wildman–Crippen LogP) is 4.15. The van der Waals surface area contributed by atoms with E-state index in [0.717, 1.165) is 62.4 Å². The molecular formula is C25H24N8. The molecule has 0 saturated heterocycles. The number of nitrogens with zero attached hydrogens (tertiary/aromatic N) is 2. The van der Waals surface area contributed by atoms with Gasteiger partial charge < -0.3 is 26.7 Å². The molecule has 0 unspecified atom stereocenters. The van der Waals surface area contributed by atoms with Crippen molar-refractivity contribution >= 4 is 45.6 Å². The third-order valence-corrected chi connectivity index (χ3v) is 5.91. The first-order valence-electron chi connectivity index (χ1n) is 10.5. The summed E-state index contributed by atoms with van der Waals surface area (Å²) >= 11 is 0. The van der Waals surface area contributed by atoms with Gasteiger partial charge in [0.05, 0.1) is 11.4 Å². The normalized spacial score (nSPS) is 12.3. The molecule has 8 heteroatoms. The lowest BCUT2D eigenvalue weighted by Crippen LogP contribution is -2.32. The number of aliphatic imine (C=N–C) groups is 1. The van der Waals surface area contributed by atoms with Crippen LogP contribution in [0.25, 0.3) is 22.0 Å². The molecule has 0 radical (unpaired) electrons. The summed E-state index contributed by atoms with van der Waals surface area (Å²) in [4.78, 5) is 9.89. The molecule has 1 aliphatic rings. The lowest BCUT2D eigenvalue weighted by Gasteiger charge is -2.17. The molecule has 0 atom stereocenters. The Morgan fingerprint density at radius 1 is 1.00 bits per heavy atom. The molecule has 0 saturated carbocycles. The second-order valence-corrected chi connectivity index (χ2v) is 8.07. The van der Waals surface area contributed by atoms with Gasteiger partial charge in [0.2, 0.25) is 0 Å². The van der Waals surface area contributed by atoms with Crippen molar-refractivity contribution in [2.75, 3.05) is 17.3 Å². The zero-order valence-electron chi connectivity index (χ0n) is 18.1. The maximum absolute atomic E-state index is 7.66. The molecular weight excluding hydrogens is 412 g/mol. The van der Waals surface area contributed by atoms with Crippen molar-refractivity contribution < 1.29 is 0 Å². The number of anilines is 2. The van der Waals surface area contributed by atoms with Crippen molar-refractivity contribution in [3.05, 3.63) is 78.0 Å². The van der Waals surface area contributed by atoms with Crippen molar-refractivity contribution in [3.63, 3.8) is 0 Å². The molecule has 33 heavy (non-hydrogen) atoms. The summed E-state index contributed by atoms with van der Waals surface area (Å²) in [5.41, 5.74) is 20.1. The molecule has 1 aliphatic heterocycles. The first-order valence-corrected chi connectivity index (χ1v) is 10.5. The van der Waals surface area contributed by atoms with Gasteiger partial charge in [-0.25, -0.2) is 0 Å². The van der Waals surface area contributed by atoms with E-state index >= 15 is 0 Å². The summed E-state index contributed by atoms with van der Waals surface area (Å²) in [6.45, 7) is 0. The zero-order valence-corrected chi connectivity index (χ0v) is 18.1. The smallest absolute Gasteiger partial charge is 0.192 e. The first kappa shape index (κ1) is 20.3. The molecule has 4 aromatic rings. The highest BCUT2D eigenvalue weighted by Gasteiger charge is 2.20. The van der Waals surface area contributed by atoms with Crippen LogP contribution in [0.5, 0.6) is 0 Å². The fraction of sp³-hybridized carbons (Fsp3) is 0.0800. The van der Waals surface area contributed by atoms with Gasteiger partial charge >= 0.3 is 0 Å². The van der Waals surface area contributed by atoms with Crippen LogP contribution in [0, 0.1) is 10.8 Å². The van der Waals surface area contributed by atoms with Gasteiger partial charge in [0.15, 0.2) is 11.9 Å². The van der Waals surface area contributed by atoms with E-state index in [-0.39, 0.29) is 11.9 Å². The average molecular weight is 437 g/mol. The number of aromatic nitrogens is 1. The van der Waals surface area contributed by atoms with Crippen molar-refractivity contribution in [1.29, 1.82) is 10.8 Å². The van der Waals surface area contributed by atoms with Gasteiger partial charge in [0.25, 0.3) is 0 Å². The number of nitrogens with two attached hydrogens (primary N) is 2. The lowest BCUT2D eigenvalue weighted by molar-refractivity contribution is 1.19. The molecule has 2 heterocycles. The minimum Gasteiger partial charge on any atom is -0.370 e. The molecule has 8 nitrogen and oxygen atoms in total. The Hall–Kier alpha value is -4.59. The van der Waals surface area contributed by atoms with E-state index in [9.17, 15) is 0 Å². The number of H-pyrrole nitrogens is 1. The van der Waals surface area contributed by atoms with Gasteiger partial charge in [-0.15, -0.1) is 0 Å². The largest absolute Gasteiger partial charge is 0.370 e. The highest BCUT2D eigenvalue weighted by atomic mass is 15.2. The van der Waals surface area contributed by atoms with Crippen LogP contribution in [0.4, 0.5) is 17.1 Å². The van der Waals surface area contributed by atoms with Gasteiger partial charge in [-0.05, 0) is 59.2 Å². The second-order valence-electron chi connectivity index (χ2n) is 8.07. The molecule has 0 bridgehead atoms. The molecule has 0 spiro atoms. The molecule has 0 fully saturated rings. The number of hydrogen-bond donors (Lipinski definition) is 6. The number of guanidine groups is 2. The topological polar surface area (TPSA) is 143 Å². The average Bonchev–Trinajstić information content (AvgIpc) is 3.41. The fourth-order valence-electron chi connectivity index (χ4n) is 4.13. The number of fused-ring (bicyclic) bond motifs is 2. The van der Waals surface area contributed by atoms with E-state index < -0.39 is 0 Å². The van der Waals surface area contributed by atoms with Crippen LogP contribution in [0.15, 0.2) is 71.9 Å². The van der Waals surface area contributed by atoms with Crippen LogP contribution >= 0.6 is 0 Å². The number of benzene rings is 3. The van der Waals surface area contributed by atoms with E-state index in [2.05, 4.69) is 28.5 Å². The van der Waals surface area contributed by atoms with Gasteiger partial charge in [0, 0.05) is 47.5 Å². The second kappa shape index (κ2) is 7.83. The Kier molecular flexibility index (Phi) is 4.82. The van der Waals surface area contributed by atoms with Crippen molar-refractivity contribution in [1.82, 2.24) is 4.98 Å². The molecule has 0 amide bonds. The summed E-state index contributed by atoms with van der Waals surface area (Å²) in [5.74, 6) is -0.0807. The van der Waals surface area contributed by atoms with Crippen LogP contribution < -0.4 is 21.7 Å². The van der Waals surface area contributed by atoms with Gasteiger partial charge in [-0.1, -0.05) is 18.2 Å². The highest BCUT2D eigenvalue weighted by molar-refractivity contribution is 6.15. The Morgan fingerprint density at radius 2 is 1.76 bits per heavy atom. The fourth-order valence-corrected chi connectivity index (χ4v) is 4.13. The van der Waals surface area contributed by atoms with Crippen molar-refractivity contribution in [2.24, 2.45) is 16.5 Å². The molecule has 8 N–H and O–H groups in total. The minimum absolute atomic E-state index is 0.00311. The third kappa shape index (κ3) is 3.78. The summed E-state index contributed by atoms with van der Waals surface area (Å²) in [6.07, 6.45) is 2.74. The number of nitrogens with one attached hydrogen (secondary N) is 4. The van der Waals surface area contributed by atoms with Crippen LogP contribution in [-0.4, -0.2) is 29.7 Å². The lowest BCUT2D eigenvalue weighted by atomic mass is 9.99. The number of rotatable bonds is 4. The van der Waals surface area contributed by atoms with Gasteiger partial charge in [0.1, 0.15) is 0 Å². The highest BCUT2D eigenvalue weighted by Crippen LogP contribution is 2.35. The van der Waals surface area contributed by atoms with E-state index in [1.165, 1.54) is 0 Å². The minimum atomic E-state index is -0.0838. The molecule has 5 rings (SSSR count). The quantitative estimate of drug-likeness (QED) is 0.211. The van der Waals surface area contributed by atoms with E-state index in [1.807, 2.05) is 48.7 Å². The summed E-state index contributed by atoms with van der Waals surface area (Å²) in [7, 11) is 1.78. The Bertz CT molecular complexity index is 1430. The monoisotopic (exact) mass is 436 g/mol. The van der Waals surface area contributed by atoms with Gasteiger partial charge in [-0.2, -0.15) is 0 Å². The molecule has 3 aromatic carbocycles. The van der Waals surface area contributed by atoms with Gasteiger partial charge in [-0.3, -0.25) is 15.8 Å². The molecule has 1 aromatic heterocycles. The standard InChI is InChI=1S/C25H24N8/c1-33(25(28)29)18-7-9-21-16(10-18)12-23(32-21)20-13-30-22-8-4-15(11-19(20)22)14-2-5-17(6-3-14)31-24(26)27/h2-11,13,30H,12H2,1H3,(H3,28,29)(H4,26,27,31). The maximum atomic E-state index is 7.66. The Labute approximate surface area is 191 Å². The maximum Gasteiger partial charge on any atom is 0.192 e. The summed E-state index contributed by atoms with van der Waals surface area (Å²) in [6, 6.07) is 20.1. The molecule has 0 aliphatic carbocycles. The van der Waals surface area contributed by atoms with Crippen LogP contribution in [0.3, 0.4) is 0 Å². The first-order chi connectivity index (χ1) is 15.9. The van der Waals surface area contributed by atoms with Crippen molar-refractivity contribution in [2.45, 2.75) is 6.42 Å². The third-order valence-electron chi connectivity index (χ3n) is 5.91. The Balaban J connectivity index is 1.46. The molecule has 164 valence electrons. The van der Waals surface area contributed by atoms with Crippen molar-refractivity contribution in [3.8, 4) is 11.1 Å². The summed E-state index contributed by atoms with van der Waals surface area (Å²) < 4.78 is 0. The number of hydrogen-bond acceptors (Lipinski definition) is 3. The van der Waals surface area contributed by atoms with E-state index in [1.54, 1.807) is 11.9 Å². The predicted molar refractivity (Wildman–Crippen MR) is 136 cm³/mol. The summed E-state index contributed by atoms with van der Waals surface area (Å²) in [5, 5.41) is 18.9. The SMILES string of the molecule is CN(C(=N)N)c1ccc2c(c1)CC(c1c[nH]c3ccc(-c4ccc(NC(=N)N)cc4)cc13)=N2. The van der Waals surface area contributed by atoms with E-state index in [4.69, 9.17) is 27.3 Å².